The van der Waals surface area contributed by atoms with Crippen molar-refractivity contribution in [3.63, 3.8) is 0 Å². The monoisotopic (exact) mass is 271 g/mol. The van der Waals surface area contributed by atoms with Gasteiger partial charge < -0.3 is 10.2 Å². The van der Waals surface area contributed by atoms with Crippen molar-refractivity contribution in [1.29, 1.82) is 0 Å². The summed E-state index contributed by atoms with van der Waals surface area (Å²) < 4.78 is 0. The van der Waals surface area contributed by atoms with Crippen molar-refractivity contribution in [2.45, 2.75) is 44.4 Å². The number of hydrogen-bond donors (Lipinski definition) is 1. The van der Waals surface area contributed by atoms with Crippen LogP contribution in [-0.2, 0) is 0 Å². The van der Waals surface area contributed by atoms with E-state index in [0.29, 0.717) is 0 Å². The van der Waals surface area contributed by atoms with Crippen LogP contribution >= 0.6 is 0 Å². The molecule has 1 aliphatic carbocycles. The zero-order valence-electron chi connectivity index (χ0n) is 12.4. The van der Waals surface area contributed by atoms with E-state index in [9.17, 15) is 0 Å². The molecule has 1 saturated heterocycles. The second kappa shape index (κ2) is 6.29. The van der Waals surface area contributed by atoms with Gasteiger partial charge in [-0.15, -0.1) is 0 Å². The van der Waals surface area contributed by atoms with Crippen LogP contribution in [0.2, 0.25) is 0 Å². The highest BCUT2D eigenvalue weighted by Crippen LogP contribution is 2.33. The molecule has 3 heteroatoms. The molecule has 0 aromatic heterocycles. The van der Waals surface area contributed by atoms with Gasteiger partial charge in [0.1, 0.15) is 0 Å². The van der Waals surface area contributed by atoms with E-state index in [1.54, 1.807) is 0 Å². The number of hydrogen-bond acceptors (Lipinski definition) is 1. The summed E-state index contributed by atoms with van der Waals surface area (Å²) in [6, 6.07) is 8.89. The second-order valence-electron chi connectivity index (χ2n) is 6.06. The summed E-state index contributed by atoms with van der Waals surface area (Å²) in [5.74, 6) is 1.78. The minimum Gasteiger partial charge on any atom is -0.356 e. The lowest BCUT2D eigenvalue weighted by molar-refractivity contribution is 0.431. The Balaban J connectivity index is 1.70. The summed E-state index contributed by atoms with van der Waals surface area (Å²) >= 11 is 0. The minimum absolute atomic E-state index is 0.779. The molecule has 0 amide bonds. The maximum absolute atomic E-state index is 4.72. The van der Waals surface area contributed by atoms with Crippen LogP contribution < -0.4 is 5.32 Å². The fourth-order valence-electron chi connectivity index (χ4n) is 3.26. The third-order valence-electron chi connectivity index (χ3n) is 4.52. The maximum atomic E-state index is 4.72. The average molecular weight is 271 g/mol. The molecule has 3 rings (SSSR count). The molecule has 3 nitrogen and oxygen atoms in total. The highest BCUT2D eigenvalue weighted by Gasteiger charge is 2.15. The van der Waals surface area contributed by atoms with Gasteiger partial charge in [-0.25, -0.2) is 4.99 Å². The number of guanidine groups is 1. The van der Waals surface area contributed by atoms with Gasteiger partial charge in [0.2, 0.25) is 0 Å². The summed E-state index contributed by atoms with van der Waals surface area (Å²) in [4.78, 5) is 6.91. The molecule has 0 unspecified atom stereocenters. The van der Waals surface area contributed by atoms with Crippen molar-refractivity contribution in [2.75, 3.05) is 20.1 Å². The van der Waals surface area contributed by atoms with Crippen molar-refractivity contribution in [1.82, 2.24) is 10.2 Å². The molecule has 2 fully saturated rings. The normalized spacial score (nSPS) is 22.9. The number of nitrogens with zero attached hydrogens (tertiary/aromatic N) is 2. The third-order valence-corrected chi connectivity index (χ3v) is 4.52. The largest absolute Gasteiger partial charge is 0.356 e. The summed E-state index contributed by atoms with van der Waals surface area (Å²) in [7, 11) is 2.10. The van der Waals surface area contributed by atoms with Crippen LogP contribution in [0.25, 0.3) is 0 Å². The van der Waals surface area contributed by atoms with E-state index in [1.165, 1.54) is 44.1 Å². The van der Waals surface area contributed by atoms with Gasteiger partial charge in [0.25, 0.3) is 0 Å². The molecule has 1 aliphatic heterocycles. The smallest absolute Gasteiger partial charge is 0.198 e. The van der Waals surface area contributed by atoms with E-state index < -0.39 is 0 Å². The van der Waals surface area contributed by atoms with E-state index in [0.717, 1.165) is 30.7 Å². The SMILES string of the molecule is CN1CCCN/C1=N/c1ccc(C2CCCCC2)cc1. The first-order valence-corrected chi connectivity index (χ1v) is 7.96. The Morgan fingerprint density at radius 3 is 2.50 bits per heavy atom. The lowest BCUT2D eigenvalue weighted by Crippen LogP contribution is -2.45. The summed E-state index contributed by atoms with van der Waals surface area (Å²) in [5.41, 5.74) is 2.56. The molecule has 0 atom stereocenters. The average Bonchev–Trinajstić information content (AvgIpc) is 2.51. The summed E-state index contributed by atoms with van der Waals surface area (Å²) in [6.45, 7) is 2.12. The Hall–Kier alpha value is -1.51. The van der Waals surface area contributed by atoms with Crippen LogP contribution in [0.1, 0.15) is 50.0 Å². The Morgan fingerprint density at radius 1 is 1.05 bits per heavy atom. The number of rotatable bonds is 2. The van der Waals surface area contributed by atoms with Gasteiger partial charge in [-0.3, -0.25) is 0 Å². The van der Waals surface area contributed by atoms with Gasteiger partial charge >= 0.3 is 0 Å². The molecule has 108 valence electrons. The topological polar surface area (TPSA) is 27.6 Å². The van der Waals surface area contributed by atoms with Gasteiger partial charge in [0.15, 0.2) is 5.96 Å². The number of benzene rings is 1. The maximum Gasteiger partial charge on any atom is 0.198 e. The Morgan fingerprint density at radius 2 is 1.80 bits per heavy atom. The highest BCUT2D eigenvalue weighted by atomic mass is 15.3. The van der Waals surface area contributed by atoms with Crippen LogP contribution in [-0.4, -0.2) is 31.0 Å². The first-order valence-electron chi connectivity index (χ1n) is 7.96. The van der Waals surface area contributed by atoms with E-state index >= 15 is 0 Å². The minimum atomic E-state index is 0.779. The van der Waals surface area contributed by atoms with E-state index in [2.05, 4.69) is 41.5 Å². The first-order chi connectivity index (χ1) is 9.83. The first kappa shape index (κ1) is 13.5. The molecule has 1 aromatic rings. The molecule has 0 spiro atoms. The molecular weight excluding hydrogens is 246 g/mol. The van der Waals surface area contributed by atoms with Crippen LogP contribution in [0.3, 0.4) is 0 Å². The van der Waals surface area contributed by atoms with Gasteiger partial charge in [-0.2, -0.15) is 0 Å². The van der Waals surface area contributed by atoms with Crippen molar-refractivity contribution in [3.05, 3.63) is 29.8 Å². The highest BCUT2D eigenvalue weighted by molar-refractivity contribution is 5.83. The second-order valence-corrected chi connectivity index (χ2v) is 6.06. The fourth-order valence-corrected chi connectivity index (χ4v) is 3.26. The lowest BCUT2D eigenvalue weighted by Gasteiger charge is -2.27. The van der Waals surface area contributed by atoms with Crippen LogP contribution in [0.5, 0.6) is 0 Å². The predicted molar refractivity (Wildman–Crippen MR) is 84.6 cm³/mol. The quantitative estimate of drug-likeness (QED) is 0.889. The van der Waals surface area contributed by atoms with Gasteiger partial charge in [-0.05, 0) is 42.9 Å². The molecule has 1 aromatic carbocycles. The van der Waals surface area contributed by atoms with E-state index in [1.807, 2.05) is 0 Å². The standard InChI is InChI=1S/C17H25N3/c1-20-13-5-12-18-17(20)19-16-10-8-15(9-11-16)14-6-3-2-4-7-14/h8-11,14H,2-7,12-13H2,1H3,(H,18,19). The van der Waals surface area contributed by atoms with Crippen molar-refractivity contribution in [2.24, 2.45) is 4.99 Å². The summed E-state index contributed by atoms with van der Waals surface area (Å²) in [5, 5.41) is 3.37. The van der Waals surface area contributed by atoms with Crippen molar-refractivity contribution < 1.29 is 0 Å². The van der Waals surface area contributed by atoms with Crippen molar-refractivity contribution in [3.8, 4) is 0 Å². The van der Waals surface area contributed by atoms with Gasteiger partial charge in [0, 0.05) is 20.1 Å². The third kappa shape index (κ3) is 3.14. The molecule has 0 radical (unpaired) electrons. The fraction of sp³-hybridized carbons (Fsp3) is 0.588. The molecule has 1 saturated carbocycles. The molecule has 1 N–H and O–H groups in total. The predicted octanol–water partition coefficient (Wildman–Crippen LogP) is 3.65. The molecular formula is C17H25N3. The zero-order valence-corrected chi connectivity index (χ0v) is 12.4. The van der Waals surface area contributed by atoms with Gasteiger partial charge in [0.05, 0.1) is 5.69 Å². The molecule has 2 aliphatic rings. The van der Waals surface area contributed by atoms with E-state index in [-0.39, 0.29) is 0 Å². The zero-order chi connectivity index (χ0) is 13.8. The Kier molecular flexibility index (Phi) is 4.24. The Labute approximate surface area is 122 Å². The lowest BCUT2D eigenvalue weighted by atomic mass is 9.84. The van der Waals surface area contributed by atoms with Crippen LogP contribution in [0, 0.1) is 0 Å². The van der Waals surface area contributed by atoms with Crippen LogP contribution in [0.15, 0.2) is 29.3 Å². The van der Waals surface area contributed by atoms with Crippen molar-refractivity contribution >= 4 is 11.6 Å². The number of nitrogens with one attached hydrogen (secondary N) is 1. The van der Waals surface area contributed by atoms with Crippen LogP contribution in [0.4, 0.5) is 5.69 Å². The molecule has 20 heavy (non-hydrogen) atoms. The van der Waals surface area contributed by atoms with Gasteiger partial charge in [-0.1, -0.05) is 31.4 Å². The van der Waals surface area contributed by atoms with E-state index in [4.69, 9.17) is 4.99 Å². The molecule has 1 heterocycles. The number of aliphatic imine (C=N–C) groups is 1. The summed E-state index contributed by atoms with van der Waals surface area (Å²) in [6.07, 6.45) is 8.11. The molecule has 0 bridgehead atoms. The Bertz CT molecular complexity index is 458.